The van der Waals surface area contributed by atoms with Crippen molar-refractivity contribution in [3.05, 3.63) is 0 Å². The molecule has 3 nitrogen and oxygen atoms in total. The predicted molar refractivity (Wildman–Crippen MR) is 62.9 cm³/mol. The SMILES string of the molecule is CCCCCCCC[N+](C)(C)CC(=O)O.[Cl-]. The van der Waals surface area contributed by atoms with Crippen molar-refractivity contribution < 1.29 is 26.8 Å². The molecule has 0 radical (unpaired) electrons. The summed E-state index contributed by atoms with van der Waals surface area (Å²) in [5.41, 5.74) is 0. The summed E-state index contributed by atoms with van der Waals surface area (Å²) >= 11 is 0. The molecule has 1 N–H and O–H groups in total. The summed E-state index contributed by atoms with van der Waals surface area (Å²) < 4.78 is 0.600. The Morgan fingerprint density at radius 1 is 1.06 bits per heavy atom. The van der Waals surface area contributed by atoms with Gasteiger partial charge in [-0.1, -0.05) is 32.6 Å². The van der Waals surface area contributed by atoms with Crippen LogP contribution in [0.4, 0.5) is 0 Å². The molecule has 0 amide bonds. The average Bonchev–Trinajstić information content (AvgIpc) is 2.08. The van der Waals surface area contributed by atoms with Crippen LogP contribution in [0.2, 0.25) is 0 Å². The highest BCUT2D eigenvalue weighted by Crippen LogP contribution is 2.07. The number of aliphatic carboxylic acids is 1. The third-order valence-corrected chi connectivity index (χ3v) is 2.68. The number of carboxylic acid groups (broad SMARTS) is 1. The van der Waals surface area contributed by atoms with Crippen LogP contribution in [0.1, 0.15) is 45.4 Å². The Hall–Kier alpha value is -0.280. The van der Waals surface area contributed by atoms with E-state index in [-0.39, 0.29) is 19.0 Å². The van der Waals surface area contributed by atoms with Crippen molar-refractivity contribution in [1.82, 2.24) is 0 Å². The van der Waals surface area contributed by atoms with E-state index in [0.29, 0.717) is 4.48 Å². The minimum absolute atomic E-state index is 0. The van der Waals surface area contributed by atoms with Gasteiger partial charge < -0.3 is 22.0 Å². The lowest BCUT2D eigenvalue weighted by Crippen LogP contribution is -3.00. The van der Waals surface area contributed by atoms with Gasteiger partial charge in [0.2, 0.25) is 0 Å². The van der Waals surface area contributed by atoms with Gasteiger partial charge in [0.15, 0.2) is 6.54 Å². The Bertz CT molecular complexity index is 184. The van der Waals surface area contributed by atoms with E-state index in [0.717, 1.165) is 13.0 Å². The smallest absolute Gasteiger partial charge is 0.359 e. The standard InChI is InChI=1S/C12H25NO2.ClH/c1-4-5-6-7-8-9-10-13(2,3)11-12(14)15;/h4-11H2,1-3H3;1H. The number of carboxylic acids is 1. The number of nitrogens with zero attached hydrogens (tertiary/aromatic N) is 1. The molecule has 98 valence electrons. The van der Waals surface area contributed by atoms with Crippen LogP contribution >= 0.6 is 0 Å². The molecule has 0 spiro atoms. The molecule has 0 aromatic carbocycles. The molecular formula is C12H26ClNO2. The van der Waals surface area contributed by atoms with Crippen molar-refractivity contribution >= 4 is 5.97 Å². The van der Waals surface area contributed by atoms with E-state index in [1.165, 1.54) is 32.1 Å². The number of unbranched alkanes of at least 4 members (excludes halogenated alkanes) is 5. The van der Waals surface area contributed by atoms with Crippen molar-refractivity contribution in [1.29, 1.82) is 0 Å². The third-order valence-electron chi connectivity index (χ3n) is 2.68. The van der Waals surface area contributed by atoms with Gasteiger partial charge in [0.05, 0.1) is 20.6 Å². The number of quaternary nitrogens is 1. The molecule has 0 aliphatic carbocycles. The van der Waals surface area contributed by atoms with Gasteiger partial charge in [-0.3, -0.25) is 0 Å². The first-order valence-electron chi connectivity index (χ1n) is 6.02. The van der Waals surface area contributed by atoms with Crippen molar-refractivity contribution in [2.45, 2.75) is 45.4 Å². The highest BCUT2D eigenvalue weighted by atomic mass is 35.5. The molecule has 0 saturated carbocycles. The van der Waals surface area contributed by atoms with Gasteiger partial charge in [0.1, 0.15) is 0 Å². The fourth-order valence-electron chi connectivity index (χ4n) is 1.77. The molecular weight excluding hydrogens is 226 g/mol. The second-order valence-corrected chi connectivity index (χ2v) is 4.98. The lowest BCUT2D eigenvalue weighted by atomic mass is 10.1. The third kappa shape index (κ3) is 11.8. The number of hydrogen-bond acceptors (Lipinski definition) is 1. The van der Waals surface area contributed by atoms with Gasteiger partial charge in [0, 0.05) is 0 Å². The number of rotatable bonds is 9. The maximum Gasteiger partial charge on any atom is 0.359 e. The second kappa shape index (κ2) is 9.91. The molecule has 0 saturated heterocycles. The van der Waals surface area contributed by atoms with Crippen LogP contribution in [0.15, 0.2) is 0 Å². The molecule has 0 heterocycles. The Morgan fingerprint density at radius 2 is 1.56 bits per heavy atom. The molecule has 0 aromatic rings. The monoisotopic (exact) mass is 251 g/mol. The van der Waals surface area contributed by atoms with Crippen LogP contribution in [-0.2, 0) is 4.79 Å². The molecule has 16 heavy (non-hydrogen) atoms. The Kier molecular flexibility index (Phi) is 11.2. The fraction of sp³-hybridized carbons (Fsp3) is 0.917. The maximum atomic E-state index is 10.6. The number of hydrogen-bond donors (Lipinski definition) is 1. The van der Waals surface area contributed by atoms with E-state index in [2.05, 4.69) is 6.92 Å². The van der Waals surface area contributed by atoms with E-state index < -0.39 is 5.97 Å². The van der Waals surface area contributed by atoms with Crippen molar-refractivity contribution in [2.75, 3.05) is 27.2 Å². The molecule has 0 fully saturated rings. The molecule has 0 unspecified atom stereocenters. The van der Waals surface area contributed by atoms with E-state index in [4.69, 9.17) is 5.11 Å². The average molecular weight is 252 g/mol. The Morgan fingerprint density at radius 3 is 2.06 bits per heavy atom. The van der Waals surface area contributed by atoms with Crippen molar-refractivity contribution in [3.8, 4) is 0 Å². The van der Waals surface area contributed by atoms with Crippen molar-refractivity contribution in [3.63, 3.8) is 0 Å². The molecule has 0 bridgehead atoms. The zero-order chi connectivity index (χ0) is 11.7. The highest BCUT2D eigenvalue weighted by molar-refractivity contribution is 5.67. The zero-order valence-electron chi connectivity index (χ0n) is 10.8. The number of likely N-dealkylation sites (N-methyl/N-ethyl adjacent to an activating group) is 1. The first kappa shape index (κ1) is 18.1. The fourth-order valence-corrected chi connectivity index (χ4v) is 1.77. The molecule has 0 aliphatic heterocycles. The van der Waals surface area contributed by atoms with Crippen LogP contribution in [-0.4, -0.2) is 42.7 Å². The minimum Gasteiger partial charge on any atom is -1.00 e. The molecule has 0 atom stereocenters. The summed E-state index contributed by atoms with van der Waals surface area (Å²) in [5, 5.41) is 8.71. The highest BCUT2D eigenvalue weighted by Gasteiger charge is 2.18. The van der Waals surface area contributed by atoms with Crippen molar-refractivity contribution in [2.24, 2.45) is 0 Å². The lowest BCUT2D eigenvalue weighted by Gasteiger charge is -2.27. The van der Waals surface area contributed by atoms with Crippen LogP contribution < -0.4 is 12.4 Å². The van der Waals surface area contributed by atoms with E-state index in [1.807, 2.05) is 14.1 Å². The van der Waals surface area contributed by atoms with E-state index in [9.17, 15) is 4.79 Å². The van der Waals surface area contributed by atoms with Gasteiger partial charge in [0.25, 0.3) is 0 Å². The summed E-state index contributed by atoms with van der Waals surface area (Å²) in [6.07, 6.45) is 7.60. The van der Waals surface area contributed by atoms with Crippen LogP contribution in [0.3, 0.4) is 0 Å². The zero-order valence-corrected chi connectivity index (χ0v) is 11.6. The van der Waals surface area contributed by atoms with E-state index >= 15 is 0 Å². The Labute approximate surface area is 106 Å². The summed E-state index contributed by atoms with van der Waals surface area (Å²) in [5.74, 6) is -0.703. The number of carbonyl (C=O) groups is 1. The van der Waals surface area contributed by atoms with Gasteiger partial charge >= 0.3 is 5.97 Å². The van der Waals surface area contributed by atoms with Gasteiger partial charge in [-0.15, -0.1) is 0 Å². The quantitative estimate of drug-likeness (QED) is 0.444. The summed E-state index contributed by atoms with van der Waals surface area (Å²) in [6.45, 7) is 3.42. The van der Waals surface area contributed by atoms with Gasteiger partial charge in [-0.2, -0.15) is 0 Å². The normalized spacial score (nSPS) is 10.9. The van der Waals surface area contributed by atoms with Gasteiger partial charge in [-0.25, -0.2) is 4.79 Å². The first-order chi connectivity index (χ1) is 6.98. The largest absolute Gasteiger partial charge is 1.00 e. The summed E-state index contributed by atoms with van der Waals surface area (Å²) in [6, 6.07) is 0. The molecule has 0 rings (SSSR count). The maximum absolute atomic E-state index is 10.6. The predicted octanol–water partition coefficient (Wildman–Crippen LogP) is -0.488. The van der Waals surface area contributed by atoms with Gasteiger partial charge in [-0.05, 0) is 12.8 Å². The first-order valence-corrected chi connectivity index (χ1v) is 6.02. The number of halogens is 1. The molecule has 0 aliphatic rings. The Balaban J connectivity index is 0. The second-order valence-electron chi connectivity index (χ2n) is 4.98. The lowest BCUT2D eigenvalue weighted by molar-refractivity contribution is -0.883. The van der Waals surface area contributed by atoms with Crippen LogP contribution in [0.5, 0.6) is 0 Å². The van der Waals surface area contributed by atoms with Crippen LogP contribution in [0, 0.1) is 0 Å². The summed E-state index contributed by atoms with van der Waals surface area (Å²) in [4.78, 5) is 10.6. The summed E-state index contributed by atoms with van der Waals surface area (Å²) in [7, 11) is 3.97. The van der Waals surface area contributed by atoms with Crippen LogP contribution in [0.25, 0.3) is 0 Å². The van der Waals surface area contributed by atoms with E-state index in [1.54, 1.807) is 0 Å². The topological polar surface area (TPSA) is 37.3 Å². The molecule has 4 heteroatoms. The minimum atomic E-state index is -0.703. The molecule has 0 aromatic heterocycles.